The van der Waals surface area contributed by atoms with E-state index in [2.05, 4.69) is 20.5 Å². The van der Waals surface area contributed by atoms with Crippen LogP contribution in [0.15, 0.2) is 10.9 Å². The van der Waals surface area contributed by atoms with Crippen molar-refractivity contribution < 1.29 is 9.90 Å². The summed E-state index contributed by atoms with van der Waals surface area (Å²) in [6.45, 7) is 2.31. The molecule has 0 radical (unpaired) electrons. The van der Waals surface area contributed by atoms with Crippen molar-refractivity contribution in [1.29, 1.82) is 0 Å². The number of hydrogen-bond acceptors (Lipinski definition) is 6. The Morgan fingerprint density at radius 2 is 2.47 bits per heavy atom. The van der Waals surface area contributed by atoms with Gasteiger partial charge in [0.05, 0.1) is 5.51 Å². The van der Waals surface area contributed by atoms with Gasteiger partial charge in [0.15, 0.2) is 0 Å². The average Bonchev–Trinajstić information content (AvgIpc) is 2.84. The van der Waals surface area contributed by atoms with E-state index in [0.29, 0.717) is 18.1 Å². The highest BCUT2D eigenvalue weighted by Crippen LogP contribution is 2.16. The SMILES string of the molecule is CC(CC(=O)O)Cn1nnnc1-c1cscn1. The normalized spacial score (nSPS) is 12.5. The molecule has 0 fully saturated rings. The number of carboxylic acid groups (broad SMARTS) is 1. The minimum Gasteiger partial charge on any atom is -0.481 e. The largest absolute Gasteiger partial charge is 0.481 e. The average molecular weight is 253 g/mol. The molecule has 2 heterocycles. The van der Waals surface area contributed by atoms with Crippen molar-refractivity contribution in [2.75, 3.05) is 0 Å². The maximum absolute atomic E-state index is 10.6. The lowest BCUT2D eigenvalue weighted by molar-refractivity contribution is -0.138. The van der Waals surface area contributed by atoms with E-state index in [0.717, 1.165) is 0 Å². The summed E-state index contributed by atoms with van der Waals surface area (Å²) in [4.78, 5) is 14.7. The van der Waals surface area contributed by atoms with Crippen molar-refractivity contribution in [2.45, 2.75) is 19.9 Å². The van der Waals surface area contributed by atoms with E-state index in [9.17, 15) is 4.79 Å². The predicted molar refractivity (Wildman–Crippen MR) is 60.3 cm³/mol. The molecule has 0 aromatic carbocycles. The van der Waals surface area contributed by atoms with Gasteiger partial charge in [-0.15, -0.1) is 16.4 Å². The predicted octanol–water partition coefficient (Wildman–Crippen LogP) is 0.907. The van der Waals surface area contributed by atoms with Gasteiger partial charge in [-0.3, -0.25) is 4.79 Å². The van der Waals surface area contributed by atoms with Crippen molar-refractivity contribution in [2.24, 2.45) is 5.92 Å². The van der Waals surface area contributed by atoms with Gasteiger partial charge >= 0.3 is 5.97 Å². The van der Waals surface area contributed by atoms with E-state index in [1.807, 2.05) is 12.3 Å². The lowest BCUT2D eigenvalue weighted by atomic mass is 10.1. The fourth-order valence-electron chi connectivity index (χ4n) is 1.49. The quantitative estimate of drug-likeness (QED) is 0.851. The summed E-state index contributed by atoms with van der Waals surface area (Å²) in [5.41, 5.74) is 2.41. The molecule has 8 heteroatoms. The Morgan fingerprint density at radius 1 is 1.65 bits per heavy atom. The van der Waals surface area contributed by atoms with Crippen molar-refractivity contribution >= 4 is 17.3 Å². The van der Waals surface area contributed by atoms with E-state index < -0.39 is 5.97 Å². The molecule has 1 unspecified atom stereocenters. The summed E-state index contributed by atoms with van der Waals surface area (Å²) in [6.07, 6.45) is 0.0936. The van der Waals surface area contributed by atoms with Gasteiger partial charge in [0.1, 0.15) is 5.69 Å². The highest BCUT2D eigenvalue weighted by atomic mass is 32.1. The van der Waals surface area contributed by atoms with Crippen LogP contribution in [0.5, 0.6) is 0 Å². The molecule has 2 aromatic heterocycles. The fourth-order valence-corrected chi connectivity index (χ4v) is 2.02. The first kappa shape index (κ1) is 11.6. The molecule has 0 aliphatic carbocycles. The van der Waals surface area contributed by atoms with Crippen molar-refractivity contribution in [3.05, 3.63) is 10.9 Å². The number of thiazole rings is 1. The molecule has 0 spiro atoms. The van der Waals surface area contributed by atoms with Gasteiger partial charge in [0, 0.05) is 18.3 Å². The minimum atomic E-state index is -0.819. The van der Waals surface area contributed by atoms with Gasteiger partial charge in [-0.2, -0.15) is 0 Å². The zero-order chi connectivity index (χ0) is 12.3. The van der Waals surface area contributed by atoms with Gasteiger partial charge in [0.2, 0.25) is 5.82 Å². The summed E-state index contributed by atoms with van der Waals surface area (Å²) < 4.78 is 1.59. The van der Waals surface area contributed by atoms with Gasteiger partial charge in [-0.1, -0.05) is 6.92 Å². The van der Waals surface area contributed by atoms with E-state index in [4.69, 9.17) is 5.11 Å². The molecular weight excluding hydrogens is 242 g/mol. The molecule has 0 bridgehead atoms. The monoisotopic (exact) mass is 253 g/mol. The maximum Gasteiger partial charge on any atom is 0.303 e. The standard InChI is InChI=1S/C9H11N5O2S/c1-6(2-8(15)16)3-14-9(11-12-13-14)7-4-17-5-10-7/h4-6H,2-3H2,1H3,(H,15,16). The Labute approximate surface area is 101 Å². The van der Waals surface area contributed by atoms with E-state index in [-0.39, 0.29) is 12.3 Å². The molecule has 90 valence electrons. The number of carbonyl (C=O) groups is 1. The smallest absolute Gasteiger partial charge is 0.303 e. The number of aromatic nitrogens is 5. The minimum absolute atomic E-state index is 0.0339. The van der Waals surface area contributed by atoms with Crippen LogP contribution < -0.4 is 0 Å². The first-order chi connectivity index (χ1) is 8.16. The Bertz CT molecular complexity index is 495. The number of tetrazole rings is 1. The molecule has 0 saturated heterocycles. The van der Waals surface area contributed by atoms with Gasteiger partial charge in [-0.25, -0.2) is 9.67 Å². The highest BCUT2D eigenvalue weighted by molar-refractivity contribution is 7.07. The van der Waals surface area contributed by atoms with Crippen molar-refractivity contribution in [1.82, 2.24) is 25.2 Å². The molecule has 0 aliphatic rings. The van der Waals surface area contributed by atoms with E-state index in [1.54, 1.807) is 10.2 Å². The zero-order valence-electron chi connectivity index (χ0n) is 9.15. The second kappa shape index (κ2) is 5.00. The van der Waals surface area contributed by atoms with E-state index >= 15 is 0 Å². The summed E-state index contributed by atoms with van der Waals surface area (Å²) >= 11 is 1.46. The Morgan fingerprint density at radius 3 is 3.12 bits per heavy atom. The second-order valence-corrected chi connectivity index (χ2v) is 4.48. The van der Waals surface area contributed by atoms with Crippen molar-refractivity contribution in [3.8, 4) is 11.5 Å². The summed E-state index contributed by atoms with van der Waals surface area (Å²) in [5, 5.41) is 21.9. The number of aliphatic carboxylic acids is 1. The zero-order valence-corrected chi connectivity index (χ0v) is 9.96. The van der Waals surface area contributed by atoms with Crippen LogP contribution in [0.25, 0.3) is 11.5 Å². The molecule has 1 N–H and O–H groups in total. The number of nitrogens with zero attached hydrogens (tertiary/aromatic N) is 5. The molecule has 0 aliphatic heterocycles. The number of rotatable bonds is 5. The fraction of sp³-hybridized carbons (Fsp3) is 0.444. The Hall–Kier alpha value is -1.83. The topological polar surface area (TPSA) is 93.8 Å². The first-order valence-corrected chi connectivity index (χ1v) is 5.97. The molecule has 2 rings (SSSR count). The molecule has 2 aromatic rings. The van der Waals surface area contributed by atoms with E-state index in [1.165, 1.54) is 11.3 Å². The van der Waals surface area contributed by atoms with Gasteiger partial charge in [0.25, 0.3) is 0 Å². The van der Waals surface area contributed by atoms with Crippen LogP contribution >= 0.6 is 11.3 Å². The molecular formula is C9H11N5O2S. The molecule has 0 saturated carbocycles. The Balaban J connectivity index is 2.12. The second-order valence-electron chi connectivity index (χ2n) is 3.76. The lowest BCUT2D eigenvalue weighted by Gasteiger charge is -2.08. The first-order valence-electron chi connectivity index (χ1n) is 5.03. The number of carboxylic acids is 1. The summed E-state index contributed by atoms with van der Waals surface area (Å²) in [5.74, 6) is -0.280. The Kier molecular flexibility index (Phi) is 3.43. The van der Waals surface area contributed by atoms with Gasteiger partial charge < -0.3 is 5.11 Å². The van der Waals surface area contributed by atoms with Crippen LogP contribution in [-0.4, -0.2) is 36.3 Å². The third kappa shape index (κ3) is 2.84. The third-order valence-electron chi connectivity index (χ3n) is 2.20. The van der Waals surface area contributed by atoms with Crippen LogP contribution in [0.2, 0.25) is 0 Å². The van der Waals surface area contributed by atoms with Crippen LogP contribution in [0.4, 0.5) is 0 Å². The summed E-state index contributed by atoms with van der Waals surface area (Å²) in [6, 6.07) is 0. The lowest BCUT2D eigenvalue weighted by Crippen LogP contribution is -2.14. The van der Waals surface area contributed by atoms with Crippen LogP contribution in [0, 0.1) is 5.92 Å². The van der Waals surface area contributed by atoms with Crippen molar-refractivity contribution in [3.63, 3.8) is 0 Å². The third-order valence-corrected chi connectivity index (χ3v) is 2.79. The molecule has 1 atom stereocenters. The van der Waals surface area contributed by atoms with Crippen LogP contribution in [0.3, 0.4) is 0 Å². The van der Waals surface area contributed by atoms with Crippen LogP contribution in [0.1, 0.15) is 13.3 Å². The molecule has 7 nitrogen and oxygen atoms in total. The number of hydrogen-bond donors (Lipinski definition) is 1. The highest BCUT2D eigenvalue weighted by Gasteiger charge is 2.15. The molecule has 0 amide bonds. The maximum atomic E-state index is 10.6. The van der Waals surface area contributed by atoms with Gasteiger partial charge in [-0.05, 0) is 16.3 Å². The van der Waals surface area contributed by atoms with Crippen LogP contribution in [-0.2, 0) is 11.3 Å². The molecule has 17 heavy (non-hydrogen) atoms. The summed E-state index contributed by atoms with van der Waals surface area (Å²) in [7, 11) is 0.